The minimum Gasteiger partial charge on any atom is -0.467 e. The van der Waals surface area contributed by atoms with E-state index in [1.54, 1.807) is 7.11 Å². The Hall–Kier alpha value is -2.82. The zero-order chi connectivity index (χ0) is 24.8. The molecule has 0 N–H and O–H groups in total. The van der Waals surface area contributed by atoms with Gasteiger partial charge in [-0.05, 0) is 50.1 Å². The minimum absolute atomic E-state index is 0.139. The molecule has 0 spiro atoms. The van der Waals surface area contributed by atoms with Gasteiger partial charge in [-0.1, -0.05) is 0 Å². The monoisotopic (exact) mass is 496 g/mol. The molecule has 9 nitrogen and oxygen atoms in total. The Bertz CT molecular complexity index is 1250. The van der Waals surface area contributed by atoms with Crippen LogP contribution in [0.25, 0.3) is 16.7 Å². The van der Waals surface area contributed by atoms with Gasteiger partial charge in [-0.3, -0.25) is 4.90 Å². The van der Waals surface area contributed by atoms with Crippen LogP contribution in [0, 0.1) is 6.92 Å². The fourth-order valence-electron chi connectivity index (χ4n) is 5.65. The summed E-state index contributed by atoms with van der Waals surface area (Å²) in [6.45, 7) is 9.00. The molecular formula is C26H33FN6O3. The summed E-state index contributed by atoms with van der Waals surface area (Å²) in [4.78, 5) is 13.6. The maximum absolute atomic E-state index is 15.5. The zero-order valence-electron chi connectivity index (χ0n) is 21.1. The van der Waals surface area contributed by atoms with Crippen molar-refractivity contribution < 1.29 is 18.6 Å². The Labute approximate surface area is 210 Å². The number of hydrogen-bond donors (Lipinski definition) is 0. The van der Waals surface area contributed by atoms with Crippen molar-refractivity contribution in [2.75, 3.05) is 58.1 Å². The van der Waals surface area contributed by atoms with Crippen molar-refractivity contribution in [3.8, 4) is 11.8 Å². The Morgan fingerprint density at radius 2 is 1.89 bits per heavy atom. The standard InChI is InChI=1S/C26H33FN6O3/c1-16-8-18-11-28-33(25-10-24(29-26(30-25)34-3)32-6-7-35-13-17(32)2)23(18)9-21(16)20-4-5-31(12-22(20)27)19-14-36-15-19/h8-11,17,19-20,22H,4-7,12-15H2,1-3H3/t17?,20?,22-/m0/s1. The molecule has 3 saturated heterocycles. The largest absolute Gasteiger partial charge is 0.467 e. The van der Waals surface area contributed by atoms with Crippen LogP contribution in [0.2, 0.25) is 0 Å². The zero-order valence-corrected chi connectivity index (χ0v) is 21.1. The van der Waals surface area contributed by atoms with Gasteiger partial charge in [0.1, 0.15) is 12.0 Å². The Morgan fingerprint density at radius 3 is 2.61 bits per heavy atom. The van der Waals surface area contributed by atoms with E-state index < -0.39 is 6.17 Å². The SMILES string of the molecule is COc1nc(N2CCOCC2C)cc(-n2ncc3cc(C)c(C4CCN(C5COC5)C[C@@H]4F)cc32)n1. The molecule has 3 atom stereocenters. The van der Waals surface area contributed by atoms with E-state index in [-0.39, 0.29) is 18.0 Å². The van der Waals surface area contributed by atoms with Crippen molar-refractivity contribution in [2.24, 2.45) is 0 Å². The quantitative estimate of drug-likeness (QED) is 0.534. The van der Waals surface area contributed by atoms with E-state index in [1.165, 1.54) is 0 Å². The molecule has 0 amide bonds. The van der Waals surface area contributed by atoms with Gasteiger partial charge in [-0.25, -0.2) is 9.07 Å². The topological polar surface area (TPSA) is 77.8 Å². The fraction of sp³-hybridized carbons (Fsp3) is 0.577. The molecule has 0 bridgehead atoms. The third kappa shape index (κ3) is 4.21. The molecular weight excluding hydrogens is 463 g/mol. The predicted octanol–water partition coefficient (Wildman–Crippen LogP) is 2.88. The van der Waals surface area contributed by atoms with Gasteiger partial charge in [0.15, 0.2) is 5.82 Å². The molecule has 6 rings (SSSR count). The number of fused-ring (bicyclic) bond motifs is 1. The van der Waals surface area contributed by atoms with Crippen molar-refractivity contribution >= 4 is 16.7 Å². The van der Waals surface area contributed by atoms with Crippen molar-refractivity contribution in [1.82, 2.24) is 24.6 Å². The maximum atomic E-state index is 15.5. The molecule has 10 heteroatoms. The lowest BCUT2D eigenvalue weighted by molar-refractivity contribution is -0.0807. The maximum Gasteiger partial charge on any atom is 0.320 e. The number of nitrogens with zero attached hydrogens (tertiary/aromatic N) is 6. The van der Waals surface area contributed by atoms with Crippen LogP contribution in [-0.4, -0.2) is 96.1 Å². The molecule has 0 saturated carbocycles. The summed E-state index contributed by atoms with van der Waals surface area (Å²) in [7, 11) is 1.57. The van der Waals surface area contributed by atoms with Gasteiger partial charge in [0.2, 0.25) is 0 Å². The van der Waals surface area contributed by atoms with Crippen LogP contribution in [-0.2, 0) is 9.47 Å². The Morgan fingerprint density at radius 1 is 1.06 bits per heavy atom. The molecule has 1 aromatic carbocycles. The summed E-state index contributed by atoms with van der Waals surface area (Å²) in [6, 6.07) is 6.99. The number of ether oxygens (including phenoxy) is 3. The lowest BCUT2D eigenvalue weighted by Gasteiger charge is -2.43. The van der Waals surface area contributed by atoms with Gasteiger partial charge in [-0.15, -0.1) is 0 Å². The lowest BCUT2D eigenvalue weighted by Crippen LogP contribution is -2.54. The van der Waals surface area contributed by atoms with Crippen LogP contribution in [0.15, 0.2) is 24.4 Å². The molecule has 0 aliphatic carbocycles. The molecule has 0 radical (unpaired) electrons. The second-order valence-electron chi connectivity index (χ2n) is 10.1. The van der Waals surface area contributed by atoms with Gasteiger partial charge < -0.3 is 19.1 Å². The van der Waals surface area contributed by atoms with Crippen molar-refractivity contribution in [1.29, 1.82) is 0 Å². The first-order valence-electron chi connectivity index (χ1n) is 12.7. The number of aryl methyl sites for hydroxylation is 1. The van der Waals surface area contributed by atoms with E-state index >= 15 is 4.39 Å². The smallest absolute Gasteiger partial charge is 0.320 e. The van der Waals surface area contributed by atoms with Crippen LogP contribution in [0.3, 0.4) is 0 Å². The number of likely N-dealkylation sites (tertiary alicyclic amines) is 1. The van der Waals surface area contributed by atoms with E-state index in [2.05, 4.69) is 50.8 Å². The molecule has 2 aromatic heterocycles. The molecule has 2 unspecified atom stereocenters. The summed E-state index contributed by atoms with van der Waals surface area (Å²) in [5, 5.41) is 5.65. The molecule has 3 fully saturated rings. The fourth-order valence-corrected chi connectivity index (χ4v) is 5.65. The summed E-state index contributed by atoms with van der Waals surface area (Å²) >= 11 is 0. The average Bonchev–Trinajstić information content (AvgIpc) is 3.25. The summed E-state index contributed by atoms with van der Waals surface area (Å²) in [5.41, 5.74) is 3.04. The number of halogens is 1. The number of aromatic nitrogens is 4. The first-order valence-corrected chi connectivity index (χ1v) is 12.7. The number of piperidine rings is 1. The number of rotatable bonds is 5. The second-order valence-corrected chi connectivity index (χ2v) is 10.1. The van der Waals surface area contributed by atoms with E-state index in [4.69, 9.17) is 14.2 Å². The predicted molar refractivity (Wildman–Crippen MR) is 134 cm³/mol. The van der Waals surface area contributed by atoms with Gasteiger partial charge in [0.05, 0.1) is 57.3 Å². The van der Waals surface area contributed by atoms with E-state index in [0.717, 1.165) is 60.6 Å². The third-order valence-electron chi connectivity index (χ3n) is 7.81. The van der Waals surface area contributed by atoms with E-state index in [1.807, 2.05) is 16.9 Å². The molecule has 36 heavy (non-hydrogen) atoms. The van der Waals surface area contributed by atoms with Crippen molar-refractivity contribution in [3.05, 3.63) is 35.5 Å². The van der Waals surface area contributed by atoms with Gasteiger partial charge >= 0.3 is 6.01 Å². The summed E-state index contributed by atoms with van der Waals surface area (Å²) in [6.07, 6.45) is 1.71. The van der Waals surface area contributed by atoms with Gasteiger partial charge in [-0.2, -0.15) is 15.1 Å². The van der Waals surface area contributed by atoms with E-state index in [0.29, 0.717) is 31.6 Å². The number of methoxy groups -OCH3 is 1. The van der Waals surface area contributed by atoms with Crippen molar-refractivity contribution in [2.45, 2.75) is 44.4 Å². The van der Waals surface area contributed by atoms with Crippen molar-refractivity contribution in [3.63, 3.8) is 0 Å². The number of benzene rings is 1. The second kappa shape index (κ2) is 9.57. The number of hydrogen-bond acceptors (Lipinski definition) is 8. The normalized spacial score (nSPS) is 25.8. The van der Waals surface area contributed by atoms with E-state index in [9.17, 15) is 0 Å². The van der Waals surface area contributed by atoms with Gasteiger partial charge in [0.25, 0.3) is 0 Å². The Balaban J connectivity index is 1.35. The highest BCUT2D eigenvalue weighted by Crippen LogP contribution is 2.36. The highest BCUT2D eigenvalue weighted by molar-refractivity contribution is 5.82. The average molecular weight is 497 g/mol. The molecule has 3 aliphatic rings. The third-order valence-corrected chi connectivity index (χ3v) is 7.81. The molecule has 3 aliphatic heterocycles. The lowest BCUT2D eigenvalue weighted by atomic mass is 9.84. The van der Waals surface area contributed by atoms with Crippen LogP contribution in [0.4, 0.5) is 10.2 Å². The first kappa shape index (κ1) is 23.6. The van der Waals surface area contributed by atoms with Crippen LogP contribution < -0.4 is 9.64 Å². The highest BCUT2D eigenvalue weighted by Gasteiger charge is 2.36. The summed E-state index contributed by atoms with van der Waals surface area (Å²) in [5.74, 6) is 1.26. The van der Waals surface area contributed by atoms with Crippen LogP contribution in [0.1, 0.15) is 30.4 Å². The Kier molecular flexibility index (Phi) is 6.27. The van der Waals surface area contributed by atoms with Crippen LogP contribution in [0.5, 0.6) is 6.01 Å². The molecule has 192 valence electrons. The number of morpholine rings is 1. The molecule has 5 heterocycles. The van der Waals surface area contributed by atoms with Gasteiger partial charge in [0, 0.05) is 30.5 Å². The summed E-state index contributed by atoms with van der Waals surface area (Å²) < 4.78 is 33.6. The first-order chi connectivity index (χ1) is 17.5. The minimum atomic E-state index is -0.916. The number of anilines is 1. The van der Waals surface area contributed by atoms with Crippen LogP contribution >= 0.6 is 0 Å². The highest BCUT2D eigenvalue weighted by atomic mass is 19.1. The molecule has 3 aromatic rings. The number of alkyl halides is 1.